The van der Waals surface area contributed by atoms with Crippen LogP contribution in [-0.2, 0) is 0 Å². The highest BCUT2D eigenvalue weighted by molar-refractivity contribution is 5.07. The molecule has 1 N–H and O–H groups in total. The highest BCUT2D eigenvalue weighted by Gasteiger charge is 2.35. The molecule has 0 saturated heterocycles. The Balaban J connectivity index is 1.85. The molecule has 15 heavy (non-hydrogen) atoms. The Hall–Kier alpha value is -0.550. The van der Waals surface area contributed by atoms with Gasteiger partial charge in [0.15, 0.2) is 0 Å². The second-order valence-electron chi connectivity index (χ2n) is 5.57. The van der Waals surface area contributed by atoms with Crippen LogP contribution in [0.3, 0.4) is 0 Å². The summed E-state index contributed by atoms with van der Waals surface area (Å²) in [5, 5.41) is 12.9. The first kappa shape index (κ1) is 11.0. The molecule has 0 spiro atoms. The Bertz CT molecular complexity index is 246. The lowest BCUT2D eigenvalue weighted by atomic mass is 9.90. The lowest BCUT2D eigenvalue weighted by Crippen LogP contribution is -2.48. The van der Waals surface area contributed by atoms with E-state index in [1.54, 1.807) is 0 Å². The minimum Gasteiger partial charge on any atom is -0.297 e. The van der Waals surface area contributed by atoms with Gasteiger partial charge in [-0.15, -0.1) is 0 Å². The average Bonchev–Trinajstić information content (AvgIpc) is 3.03. The lowest BCUT2D eigenvalue weighted by Gasteiger charge is -2.31. The summed E-state index contributed by atoms with van der Waals surface area (Å²) in [6.07, 6.45) is 10.3. The van der Waals surface area contributed by atoms with Crippen molar-refractivity contribution >= 4 is 0 Å². The normalized spacial score (nSPS) is 26.9. The van der Waals surface area contributed by atoms with Gasteiger partial charge in [-0.2, -0.15) is 5.26 Å². The van der Waals surface area contributed by atoms with E-state index in [2.05, 4.69) is 18.3 Å². The number of hydrogen-bond acceptors (Lipinski definition) is 2. The molecule has 0 aromatic rings. The Labute approximate surface area is 93.0 Å². The molecule has 2 heteroatoms. The van der Waals surface area contributed by atoms with E-state index >= 15 is 0 Å². The van der Waals surface area contributed by atoms with Crippen LogP contribution in [-0.4, -0.2) is 11.6 Å². The maximum atomic E-state index is 9.28. The predicted octanol–water partition coefficient (Wildman–Crippen LogP) is 2.99. The van der Waals surface area contributed by atoms with Gasteiger partial charge in [0.05, 0.1) is 6.07 Å². The monoisotopic (exact) mass is 206 g/mol. The van der Waals surface area contributed by atoms with Crippen LogP contribution in [0.5, 0.6) is 0 Å². The molecule has 84 valence electrons. The third-order valence-corrected chi connectivity index (χ3v) is 3.77. The molecule has 2 aliphatic carbocycles. The van der Waals surface area contributed by atoms with Crippen molar-refractivity contribution in [2.75, 3.05) is 0 Å². The molecule has 0 heterocycles. The Kier molecular flexibility index (Phi) is 3.31. The summed E-state index contributed by atoms with van der Waals surface area (Å²) in [4.78, 5) is 0. The summed E-state index contributed by atoms with van der Waals surface area (Å²) >= 11 is 0. The van der Waals surface area contributed by atoms with E-state index in [0.29, 0.717) is 6.04 Å². The summed E-state index contributed by atoms with van der Waals surface area (Å²) in [6.45, 7) is 2.08. The molecule has 2 fully saturated rings. The van der Waals surface area contributed by atoms with Gasteiger partial charge in [0.2, 0.25) is 0 Å². The highest BCUT2D eigenvalue weighted by atomic mass is 15.0. The quantitative estimate of drug-likeness (QED) is 0.767. The third kappa shape index (κ3) is 3.21. The maximum absolute atomic E-state index is 9.28. The summed E-state index contributed by atoms with van der Waals surface area (Å²) < 4.78 is 0. The minimum absolute atomic E-state index is 0.261. The van der Waals surface area contributed by atoms with Crippen molar-refractivity contribution in [2.24, 2.45) is 5.92 Å². The van der Waals surface area contributed by atoms with Crippen molar-refractivity contribution in [3.63, 3.8) is 0 Å². The van der Waals surface area contributed by atoms with E-state index < -0.39 is 0 Å². The van der Waals surface area contributed by atoms with Crippen molar-refractivity contribution in [3.05, 3.63) is 0 Å². The molecular weight excluding hydrogens is 184 g/mol. The lowest BCUT2D eigenvalue weighted by molar-refractivity contribution is 0.289. The van der Waals surface area contributed by atoms with Crippen LogP contribution in [0.15, 0.2) is 0 Å². The summed E-state index contributed by atoms with van der Waals surface area (Å²) in [7, 11) is 0. The molecule has 2 aliphatic rings. The molecule has 0 amide bonds. The zero-order valence-corrected chi connectivity index (χ0v) is 9.76. The van der Waals surface area contributed by atoms with Gasteiger partial charge < -0.3 is 0 Å². The van der Waals surface area contributed by atoms with Gasteiger partial charge >= 0.3 is 0 Å². The van der Waals surface area contributed by atoms with Gasteiger partial charge in [0.25, 0.3) is 0 Å². The second kappa shape index (κ2) is 4.53. The van der Waals surface area contributed by atoms with Crippen molar-refractivity contribution in [1.82, 2.24) is 5.32 Å². The molecule has 2 saturated carbocycles. The van der Waals surface area contributed by atoms with Crippen molar-refractivity contribution in [3.8, 4) is 6.07 Å². The molecule has 2 rings (SSSR count). The Morgan fingerprint density at radius 2 is 1.87 bits per heavy atom. The molecule has 0 radical (unpaired) electrons. The smallest absolute Gasteiger partial charge is 0.104 e. The second-order valence-corrected chi connectivity index (χ2v) is 5.57. The van der Waals surface area contributed by atoms with Crippen LogP contribution >= 0.6 is 0 Å². The average molecular weight is 206 g/mol. The van der Waals surface area contributed by atoms with Crippen molar-refractivity contribution in [2.45, 2.75) is 69.9 Å². The Morgan fingerprint density at radius 1 is 1.20 bits per heavy atom. The molecule has 2 nitrogen and oxygen atoms in total. The first-order chi connectivity index (χ1) is 7.22. The molecular formula is C13H22N2. The van der Waals surface area contributed by atoms with Gasteiger partial charge in [-0.3, -0.25) is 5.32 Å². The minimum atomic E-state index is -0.261. The standard InChI is InChI=1S/C13H22N2/c1-13(10-14,9-11-7-8-11)15-12-5-3-2-4-6-12/h11-12,15H,2-9H2,1H3. The number of nitrogens with one attached hydrogen (secondary N) is 1. The van der Waals surface area contributed by atoms with E-state index in [4.69, 9.17) is 0 Å². The maximum Gasteiger partial charge on any atom is 0.104 e. The predicted molar refractivity (Wildman–Crippen MR) is 61.4 cm³/mol. The fraction of sp³-hybridized carbons (Fsp3) is 0.923. The molecule has 1 atom stereocenters. The molecule has 0 aromatic heterocycles. The van der Waals surface area contributed by atoms with Crippen LogP contribution in [0.2, 0.25) is 0 Å². The van der Waals surface area contributed by atoms with Gasteiger partial charge in [-0.1, -0.05) is 32.1 Å². The van der Waals surface area contributed by atoms with E-state index in [1.165, 1.54) is 44.9 Å². The Morgan fingerprint density at radius 3 is 2.40 bits per heavy atom. The first-order valence-corrected chi connectivity index (χ1v) is 6.41. The van der Waals surface area contributed by atoms with Crippen molar-refractivity contribution in [1.29, 1.82) is 5.26 Å². The van der Waals surface area contributed by atoms with E-state index in [-0.39, 0.29) is 5.54 Å². The summed E-state index contributed by atoms with van der Waals surface area (Å²) in [5.74, 6) is 0.825. The summed E-state index contributed by atoms with van der Waals surface area (Å²) in [5.41, 5.74) is -0.261. The van der Waals surface area contributed by atoms with Crippen LogP contribution in [0.4, 0.5) is 0 Å². The van der Waals surface area contributed by atoms with E-state index in [0.717, 1.165) is 12.3 Å². The van der Waals surface area contributed by atoms with Gasteiger partial charge in [-0.25, -0.2) is 0 Å². The van der Waals surface area contributed by atoms with Crippen LogP contribution in [0.1, 0.15) is 58.3 Å². The third-order valence-electron chi connectivity index (χ3n) is 3.77. The van der Waals surface area contributed by atoms with Crippen LogP contribution < -0.4 is 5.32 Å². The van der Waals surface area contributed by atoms with Gasteiger partial charge in [0.1, 0.15) is 5.54 Å². The number of rotatable bonds is 4. The first-order valence-electron chi connectivity index (χ1n) is 6.41. The van der Waals surface area contributed by atoms with E-state index in [1.807, 2.05) is 0 Å². The van der Waals surface area contributed by atoms with Gasteiger partial charge in [0, 0.05) is 6.04 Å². The number of hydrogen-bond donors (Lipinski definition) is 1. The molecule has 0 bridgehead atoms. The zero-order chi connectivity index (χ0) is 10.7. The van der Waals surface area contributed by atoms with Gasteiger partial charge in [-0.05, 0) is 32.1 Å². The number of nitrogens with zero attached hydrogens (tertiary/aromatic N) is 1. The van der Waals surface area contributed by atoms with E-state index in [9.17, 15) is 5.26 Å². The topological polar surface area (TPSA) is 35.8 Å². The zero-order valence-electron chi connectivity index (χ0n) is 9.76. The fourth-order valence-electron chi connectivity index (χ4n) is 2.73. The highest BCUT2D eigenvalue weighted by Crippen LogP contribution is 2.37. The van der Waals surface area contributed by atoms with Crippen LogP contribution in [0, 0.1) is 17.2 Å². The fourth-order valence-corrected chi connectivity index (χ4v) is 2.73. The molecule has 1 unspecified atom stereocenters. The molecule has 0 aliphatic heterocycles. The molecule has 0 aromatic carbocycles. The van der Waals surface area contributed by atoms with Crippen LogP contribution in [0.25, 0.3) is 0 Å². The largest absolute Gasteiger partial charge is 0.297 e. The summed E-state index contributed by atoms with van der Waals surface area (Å²) in [6, 6.07) is 3.09. The SMILES string of the molecule is CC(C#N)(CC1CC1)NC1CCCCC1. The number of nitriles is 1. The van der Waals surface area contributed by atoms with Crippen molar-refractivity contribution < 1.29 is 0 Å².